The molecule has 0 aliphatic rings. The van der Waals surface area contributed by atoms with Gasteiger partial charge in [0.1, 0.15) is 48.0 Å². The van der Waals surface area contributed by atoms with Crippen molar-refractivity contribution >= 4 is 81.9 Å². The van der Waals surface area contributed by atoms with Gasteiger partial charge in [0.25, 0.3) is 0 Å². The minimum Gasteiger partial charge on any atom is -0.508 e. The molecular formula is C53H84N20O10. The van der Waals surface area contributed by atoms with E-state index in [1.807, 2.05) is 6.07 Å². The van der Waals surface area contributed by atoms with Crippen LogP contribution in [0.3, 0.4) is 0 Å². The molecule has 9 amide bonds. The van der Waals surface area contributed by atoms with Crippen LogP contribution in [0.15, 0.2) is 69.7 Å². The first-order chi connectivity index (χ1) is 39.4. The number of phenolic OH excluding ortho intramolecular Hbond substituents is 1. The highest BCUT2D eigenvalue weighted by atomic mass is 16.3. The molecule has 0 aliphatic carbocycles. The number of aromatic hydroxyl groups is 1. The second-order valence-electron chi connectivity index (χ2n) is 20.1. The van der Waals surface area contributed by atoms with E-state index < -0.39 is 102 Å². The van der Waals surface area contributed by atoms with Crippen molar-refractivity contribution in [3.05, 3.63) is 65.9 Å². The summed E-state index contributed by atoms with van der Waals surface area (Å²) in [7, 11) is 0. The van der Waals surface area contributed by atoms with Crippen molar-refractivity contribution in [2.24, 2.45) is 66.8 Å². The van der Waals surface area contributed by atoms with Crippen molar-refractivity contribution in [3.8, 4) is 5.75 Å². The minimum absolute atomic E-state index is 0.0180. The highest BCUT2D eigenvalue weighted by Gasteiger charge is 2.34. The summed E-state index contributed by atoms with van der Waals surface area (Å²) in [5.41, 5.74) is 46.3. The molecule has 30 heteroatoms. The van der Waals surface area contributed by atoms with Crippen LogP contribution in [-0.4, -0.2) is 156 Å². The number of carbonyl (C=O) groups is 9. The molecule has 456 valence electrons. The van der Waals surface area contributed by atoms with Crippen LogP contribution in [0.25, 0.3) is 10.9 Å². The first kappa shape index (κ1) is 68.1. The van der Waals surface area contributed by atoms with Crippen LogP contribution in [0.1, 0.15) is 89.7 Å². The lowest BCUT2D eigenvalue weighted by Gasteiger charge is -2.28. The number of aromatic nitrogens is 1. The second kappa shape index (κ2) is 35.5. The van der Waals surface area contributed by atoms with E-state index in [9.17, 15) is 48.3 Å². The maximum absolute atomic E-state index is 14.6. The third-order valence-corrected chi connectivity index (χ3v) is 12.7. The third-order valence-electron chi connectivity index (χ3n) is 12.7. The third kappa shape index (κ3) is 25.8. The second-order valence-corrected chi connectivity index (χ2v) is 20.1. The Bertz CT molecular complexity index is 2740. The van der Waals surface area contributed by atoms with Crippen molar-refractivity contribution in [2.75, 3.05) is 32.7 Å². The van der Waals surface area contributed by atoms with Crippen molar-refractivity contribution in [1.82, 2.24) is 47.5 Å². The Morgan fingerprint density at radius 3 is 1.46 bits per heavy atom. The van der Waals surface area contributed by atoms with Gasteiger partial charge < -0.3 is 98.5 Å². The van der Waals surface area contributed by atoms with Crippen LogP contribution < -0.4 is 88.4 Å². The van der Waals surface area contributed by atoms with Crippen molar-refractivity contribution < 1.29 is 48.3 Å². The van der Waals surface area contributed by atoms with Crippen LogP contribution >= 0.6 is 0 Å². The lowest BCUT2D eigenvalue weighted by Crippen LogP contribution is -2.59. The number of hydrogen-bond donors (Lipinski definition) is 18. The van der Waals surface area contributed by atoms with Crippen LogP contribution in [0.5, 0.6) is 5.75 Å². The molecule has 7 atom stereocenters. The van der Waals surface area contributed by atoms with E-state index in [1.165, 1.54) is 19.1 Å². The van der Waals surface area contributed by atoms with Gasteiger partial charge in [0, 0.05) is 56.5 Å². The Labute approximate surface area is 481 Å². The van der Waals surface area contributed by atoms with Gasteiger partial charge in [-0.3, -0.25) is 58.1 Å². The number of guanidine groups is 3. The number of rotatable bonds is 37. The van der Waals surface area contributed by atoms with E-state index in [0.717, 1.165) is 10.9 Å². The molecule has 0 aliphatic heterocycles. The van der Waals surface area contributed by atoms with Crippen molar-refractivity contribution in [2.45, 2.75) is 134 Å². The zero-order valence-electron chi connectivity index (χ0n) is 47.2. The molecule has 1 aromatic heterocycles. The number of aromatic amines is 1. The van der Waals surface area contributed by atoms with Crippen LogP contribution in [0.2, 0.25) is 0 Å². The quantitative estimate of drug-likeness (QED) is 0.0147. The Morgan fingerprint density at radius 2 is 0.976 bits per heavy atom. The number of H-pyrrole nitrogens is 1. The fraction of sp³-hybridized carbons (Fsp3) is 0.509. The number of nitrogens with zero attached hydrogens (tertiary/aromatic N) is 3. The minimum atomic E-state index is -1.40. The van der Waals surface area contributed by atoms with E-state index in [1.54, 1.807) is 50.4 Å². The highest BCUT2D eigenvalue weighted by Crippen LogP contribution is 2.20. The molecule has 30 nitrogen and oxygen atoms in total. The van der Waals surface area contributed by atoms with Gasteiger partial charge in [0.05, 0.1) is 6.54 Å². The summed E-state index contributed by atoms with van der Waals surface area (Å²) in [6.07, 6.45) is 2.50. The summed E-state index contributed by atoms with van der Waals surface area (Å²) in [5, 5.41) is 31.6. The molecule has 1 heterocycles. The molecule has 1 unspecified atom stereocenters. The van der Waals surface area contributed by atoms with E-state index in [-0.39, 0.29) is 114 Å². The molecule has 0 fully saturated rings. The first-order valence-electron chi connectivity index (χ1n) is 27.2. The van der Waals surface area contributed by atoms with Gasteiger partial charge in [0.2, 0.25) is 53.2 Å². The fourth-order valence-corrected chi connectivity index (χ4v) is 8.57. The zero-order valence-corrected chi connectivity index (χ0v) is 47.2. The van der Waals surface area contributed by atoms with Gasteiger partial charge >= 0.3 is 0 Å². The summed E-state index contributed by atoms with van der Waals surface area (Å²) in [4.78, 5) is 138. The lowest BCUT2D eigenvalue weighted by molar-refractivity contribution is -0.135. The number of nitrogens with one attached hydrogen (secondary N) is 9. The summed E-state index contributed by atoms with van der Waals surface area (Å²) in [6, 6.07) is 4.20. The number of fused-ring (bicyclic) bond motifs is 1. The van der Waals surface area contributed by atoms with Crippen molar-refractivity contribution in [3.63, 3.8) is 0 Å². The fourth-order valence-electron chi connectivity index (χ4n) is 8.57. The topological polar surface area (TPSA) is 531 Å². The summed E-state index contributed by atoms with van der Waals surface area (Å²) in [6.45, 7) is 4.57. The molecule has 0 saturated carbocycles. The standard InChI is InChI=1S/C53H84N20O10/c1-29(2)24-41(49(82)70-38(14-8-22-63-52(58)59)47(80)72-40(44(55)77)25-31-16-18-33(75)19-17-31)73-48(81)39(15-9-23-64-53(60)61)71-50(83)42(26-32-27-65-35-11-5-4-10-34(32)35)68-43(76)28-66-45(78)36(12-6-20-54)69-46(79)37(67-30(3)74)13-7-21-62-51(56)57/h4-5,10-11,16-19,27,29,36-42,65,75H,6-9,12-15,20-26,28,54H2,1-3H3,(H2,55,77)(H,66,78)(H,67,74)(H,68,76)(H,69,79)(H,70,82)(H,71,83)(H,72,80)(H,73,81)(H4,56,57,62)(H4,58,59,63)(H4,60,61,64)/t36?,37-,38-,39-,40-,41-,42-/m0/s1. The highest BCUT2D eigenvalue weighted by molar-refractivity contribution is 5.98. The smallest absolute Gasteiger partial charge is 0.243 e. The number of para-hydroxylation sites is 1. The van der Waals surface area contributed by atoms with E-state index in [0.29, 0.717) is 24.0 Å². The number of aliphatic imine (C=N–C) groups is 3. The Morgan fingerprint density at radius 1 is 0.530 bits per heavy atom. The number of benzene rings is 2. The molecule has 0 saturated heterocycles. The summed E-state index contributed by atoms with van der Waals surface area (Å²) in [5.74, 6) is -7.73. The molecule has 83 heavy (non-hydrogen) atoms. The van der Waals surface area contributed by atoms with Gasteiger partial charge in [-0.25, -0.2) is 0 Å². The Hall–Kier alpha value is -9.22. The number of primary amides is 1. The van der Waals surface area contributed by atoms with Gasteiger partial charge in [0.15, 0.2) is 17.9 Å². The molecule has 0 spiro atoms. The van der Waals surface area contributed by atoms with Crippen molar-refractivity contribution in [1.29, 1.82) is 0 Å². The summed E-state index contributed by atoms with van der Waals surface area (Å²) >= 11 is 0. The van der Waals surface area contributed by atoms with Gasteiger partial charge in [-0.2, -0.15) is 0 Å². The summed E-state index contributed by atoms with van der Waals surface area (Å²) < 4.78 is 0. The van der Waals surface area contributed by atoms with E-state index >= 15 is 0 Å². The molecule has 3 rings (SSSR count). The lowest BCUT2D eigenvalue weighted by atomic mass is 10.00. The maximum Gasteiger partial charge on any atom is 0.243 e. The number of phenols is 1. The molecule has 3 aromatic rings. The van der Waals surface area contributed by atoms with Gasteiger partial charge in [-0.1, -0.05) is 44.2 Å². The first-order valence-corrected chi connectivity index (χ1v) is 27.2. The van der Waals surface area contributed by atoms with Gasteiger partial charge in [-0.15, -0.1) is 0 Å². The van der Waals surface area contributed by atoms with Crippen LogP contribution in [0, 0.1) is 5.92 Å². The molecular weight excluding hydrogens is 1080 g/mol. The zero-order chi connectivity index (χ0) is 61.6. The number of carbonyl (C=O) groups excluding carboxylic acids is 9. The van der Waals surface area contributed by atoms with Gasteiger partial charge in [-0.05, 0) is 99.6 Å². The SMILES string of the molecule is CC(=O)N[C@@H](CCCN=C(N)N)C(=O)NC(CCCN)C(=O)NCC(=O)N[C@@H](Cc1c[nH]c2ccccc12)C(=O)N[C@@H](CCCN=C(N)N)C(=O)N[C@@H](CC(C)C)C(=O)N[C@@H](CCCN=C(N)N)C(=O)N[C@@H](Cc1ccc(O)cc1)C(N)=O. The van der Waals surface area contributed by atoms with E-state index in [4.69, 9.17) is 45.9 Å². The maximum atomic E-state index is 14.6. The number of hydrogen-bond acceptors (Lipinski definition) is 14. The Kier molecular flexibility index (Phi) is 29.1. The molecule has 0 radical (unpaired) electrons. The number of nitrogens with two attached hydrogens (primary N) is 8. The van der Waals surface area contributed by atoms with E-state index in [2.05, 4.69) is 62.5 Å². The van der Waals surface area contributed by atoms with Crippen LogP contribution in [0.4, 0.5) is 0 Å². The average Bonchev–Trinajstić information content (AvgIpc) is 4.14. The monoisotopic (exact) mass is 1160 g/mol. The number of amides is 9. The normalized spacial score (nSPS) is 13.5. The Balaban J connectivity index is 1.93. The molecule has 26 N–H and O–H groups in total. The van der Waals surface area contributed by atoms with Crippen LogP contribution in [-0.2, 0) is 56.0 Å². The molecule has 0 bridgehead atoms. The average molecular weight is 1160 g/mol. The predicted molar refractivity (Wildman–Crippen MR) is 313 cm³/mol. The predicted octanol–water partition coefficient (Wildman–Crippen LogP) is -4.38. The largest absolute Gasteiger partial charge is 0.508 e. The molecule has 2 aromatic carbocycles.